The zero-order valence-corrected chi connectivity index (χ0v) is 9.51. The van der Waals surface area contributed by atoms with Crippen molar-refractivity contribution in [2.45, 2.75) is 69.4 Å². The van der Waals surface area contributed by atoms with Crippen LogP contribution in [0.1, 0.15) is 63.3 Å². The molecule has 0 aliphatic carbocycles. The molecule has 0 aromatic heterocycles. The van der Waals surface area contributed by atoms with Gasteiger partial charge in [0.05, 0.1) is 0 Å². The van der Waals surface area contributed by atoms with Crippen LogP contribution in [0.5, 0.6) is 0 Å². The summed E-state index contributed by atoms with van der Waals surface area (Å²) < 4.78 is 0. The lowest BCUT2D eigenvalue weighted by molar-refractivity contribution is -0.114. The number of aliphatic hydroxyl groups is 1. The number of ketones is 1. The molecule has 0 aliphatic rings. The van der Waals surface area contributed by atoms with Crippen LogP contribution in [0.25, 0.3) is 0 Å². The van der Waals surface area contributed by atoms with Gasteiger partial charge in [0.25, 0.3) is 0 Å². The summed E-state index contributed by atoms with van der Waals surface area (Å²) in [5, 5.41) is 8.06. The van der Waals surface area contributed by atoms with Crippen LogP contribution in [0.4, 0.5) is 0 Å². The Hall–Kier alpha value is -0.370. The standard InChI is InChI=1S/C4H10.C3H8O.C3H6O.2CH4/c1-4(2)3;2*1-3(2)4;;/h4H,1-3H3;3-4H,1-2H3;1-2H3;2*1H4. The van der Waals surface area contributed by atoms with E-state index in [1.807, 2.05) is 0 Å². The smallest absolute Gasteiger partial charge is 0.126 e. The van der Waals surface area contributed by atoms with Gasteiger partial charge in [0.15, 0.2) is 0 Å². The zero-order chi connectivity index (χ0) is 10.7. The topological polar surface area (TPSA) is 37.3 Å². The van der Waals surface area contributed by atoms with E-state index >= 15 is 0 Å². The molecule has 14 heavy (non-hydrogen) atoms. The van der Waals surface area contributed by atoms with Gasteiger partial charge >= 0.3 is 0 Å². The molecule has 0 spiro atoms. The Morgan fingerprint density at radius 3 is 0.929 bits per heavy atom. The molecule has 0 heterocycles. The molecule has 0 saturated carbocycles. The summed E-state index contributed by atoms with van der Waals surface area (Å²) in [5.41, 5.74) is 0. The summed E-state index contributed by atoms with van der Waals surface area (Å²) in [5.74, 6) is 1.00. The van der Waals surface area contributed by atoms with Gasteiger partial charge in [-0.1, -0.05) is 35.6 Å². The lowest BCUT2D eigenvalue weighted by Crippen LogP contribution is -1.85. The van der Waals surface area contributed by atoms with Gasteiger partial charge in [0.1, 0.15) is 5.78 Å². The largest absolute Gasteiger partial charge is 0.394 e. The summed E-state index contributed by atoms with van der Waals surface area (Å²) >= 11 is 0. The zero-order valence-electron chi connectivity index (χ0n) is 9.51. The van der Waals surface area contributed by atoms with Crippen LogP contribution in [-0.2, 0) is 4.79 Å². The summed E-state index contributed by atoms with van der Waals surface area (Å²) in [4.78, 5) is 9.44. The van der Waals surface area contributed by atoms with Crippen LogP contribution in [0.3, 0.4) is 0 Å². The van der Waals surface area contributed by atoms with Crippen molar-refractivity contribution in [3.63, 3.8) is 0 Å². The van der Waals surface area contributed by atoms with Crippen molar-refractivity contribution < 1.29 is 9.90 Å². The first kappa shape index (κ1) is 29.2. The van der Waals surface area contributed by atoms with E-state index in [0.717, 1.165) is 5.92 Å². The number of carbonyl (C=O) groups is 1. The van der Waals surface area contributed by atoms with Crippen LogP contribution in [0, 0.1) is 5.92 Å². The molecule has 0 atom stereocenters. The molecule has 92 valence electrons. The van der Waals surface area contributed by atoms with E-state index in [0.29, 0.717) is 0 Å². The van der Waals surface area contributed by atoms with Crippen LogP contribution in [0.2, 0.25) is 0 Å². The van der Waals surface area contributed by atoms with Gasteiger partial charge in [-0.3, -0.25) is 0 Å². The number of rotatable bonds is 0. The Labute approximate surface area is 91.7 Å². The summed E-state index contributed by atoms with van der Waals surface area (Å²) in [7, 11) is 0. The van der Waals surface area contributed by atoms with Gasteiger partial charge in [0.2, 0.25) is 0 Å². The van der Waals surface area contributed by atoms with Gasteiger partial charge in [0, 0.05) is 6.10 Å². The second kappa shape index (κ2) is 22.9. The molecule has 0 rings (SSSR count). The van der Waals surface area contributed by atoms with Crippen molar-refractivity contribution in [3.8, 4) is 0 Å². The van der Waals surface area contributed by atoms with E-state index in [-0.39, 0.29) is 26.7 Å². The minimum absolute atomic E-state index is 0. The summed E-state index contributed by atoms with van der Waals surface area (Å²) in [6.45, 7) is 13.0. The highest BCUT2D eigenvalue weighted by molar-refractivity contribution is 5.72. The van der Waals surface area contributed by atoms with Gasteiger partial charge in [-0.2, -0.15) is 0 Å². The van der Waals surface area contributed by atoms with E-state index in [1.54, 1.807) is 13.8 Å². The van der Waals surface area contributed by atoms with Gasteiger partial charge in [-0.05, 0) is 33.6 Å². The van der Waals surface area contributed by atoms with Crippen molar-refractivity contribution in [2.24, 2.45) is 5.92 Å². The SMILES string of the molecule is C.C.CC(C)=O.CC(C)C.CC(C)O. The van der Waals surface area contributed by atoms with Gasteiger partial charge in [-0.15, -0.1) is 0 Å². The van der Waals surface area contributed by atoms with E-state index < -0.39 is 0 Å². The third-order valence-electron chi connectivity index (χ3n) is 0. The van der Waals surface area contributed by atoms with Crippen LogP contribution < -0.4 is 0 Å². The molecule has 0 saturated heterocycles. The number of carbonyl (C=O) groups excluding carboxylic acids is 1. The molecule has 0 unspecified atom stereocenters. The minimum Gasteiger partial charge on any atom is -0.394 e. The van der Waals surface area contributed by atoms with Crippen molar-refractivity contribution in [3.05, 3.63) is 0 Å². The van der Waals surface area contributed by atoms with Crippen molar-refractivity contribution in [1.82, 2.24) is 0 Å². The quantitative estimate of drug-likeness (QED) is 0.655. The summed E-state index contributed by atoms with van der Waals surface area (Å²) in [6.07, 6.45) is -0.167. The van der Waals surface area contributed by atoms with Crippen LogP contribution >= 0.6 is 0 Å². The molecular weight excluding hydrogens is 176 g/mol. The van der Waals surface area contributed by atoms with E-state index in [4.69, 9.17) is 5.11 Å². The van der Waals surface area contributed by atoms with Crippen molar-refractivity contribution >= 4 is 5.78 Å². The molecule has 2 heteroatoms. The molecule has 0 fully saturated rings. The number of hydrogen-bond acceptors (Lipinski definition) is 2. The first-order valence-electron chi connectivity index (χ1n) is 4.35. The molecule has 1 N–H and O–H groups in total. The molecule has 0 amide bonds. The fourth-order valence-electron chi connectivity index (χ4n) is 0. The Morgan fingerprint density at radius 1 is 0.929 bits per heavy atom. The molecule has 0 aliphatic heterocycles. The highest BCUT2D eigenvalue weighted by atomic mass is 16.3. The Kier molecular flexibility index (Phi) is 47.8. The van der Waals surface area contributed by atoms with E-state index in [1.165, 1.54) is 13.8 Å². The molecule has 2 nitrogen and oxygen atoms in total. The van der Waals surface area contributed by atoms with E-state index in [9.17, 15) is 4.79 Å². The van der Waals surface area contributed by atoms with Crippen molar-refractivity contribution in [1.29, 1.82) is 0 Å². The molecule has 0 bridgehead atoms. The Balaban J connectivity index is -0.0000000270. The number of Topliss-reactive ketones (excluding diaryl/α,β-unsaturated/α-hetero) is 1. The lowest BCUT2D eigenvalue weighted by atomic mass is 10.3. The summed E-state index contributed by atoms with van der Waals surface area (Å²) in [6, 6.07) is 0. The third-order valence-corrected chi connectivity index (χ3v) is 0. The van der Waals surface area contributed by atoms with Crippen LogP contribution in [0.15, 0.2) is 0 Å². The molecule has 0 aromatic carbocycles. The van der Waals surface area contributed by atoms with Gasteiger partial charge in [-0.25, -0.2) is 0 Å². The van der Waals surface area contributed by atoms with Crippen molar-refractivity contribution in [2.75, 3.05) is 0 Å². The highest BCUT2D eigenvalue weighted by Crippen LogP contribution is 1.81. The predicted octanol–water partition coefficient (Wildman–Crippen LogP) is 3.92. The number of aliphatic hydroxyl groups excluding tert-OH is 1. The van der Waals surface area contributed by atoms with Crippen LogP contribution in [-0.4, -0.2) is 17.0 Å². The average Bonchev–Trinajstić information content (AvgIpc) is 1.54. The molecule has 0 aromatic rings. The first-order chi connectivity index (χ1) is 5.20. The second-order valence-corrected chi connectivity index (χ2v) is 3.73. The third kappa shape index (κ3) is 9600. The monoisotopic (exact) mass is 208 g/mol. The molecule has 0 radical (unpaired) electrons. The maximum atomic E-state index is 9.44. The predicted molar refractivity (Wildman–Crippen MR) is 67.7 cm³/mol. The Morgan fingerprint density at radius 2 is 0.929 bits per heavy atom. The second-order valence-electron chi connectivity index (χ2n) is 3.73. The minimum atomic E-state index is -0.167. The Bertz CT molecular complexity index is 70.8. The molecular formula is C12H32O2. The average molecular weight is 208 g/mol. The maximum Gasteiger partial charge on any atom is 0.126 e. The fraction of sp³-hybridized carbons (Fsp3) is 0.917. The maximum absolute atomic E-state index is 9.44. The fourth-order valence-corrected chi connectivity index (χ4v) is 0. The first-order valence-corrected chi connectivity index (χ1v) is 4.35. The lowest BCUT2D eigenvalue weighted by Gasteiger charge is -1.80. The van der Waals surface area contributed by atoms with Gasteiger partial charge < -0.3 is 9.90 Å². The normalized spacial score (nSPS) is 7.00. The highest BCUT2D eigenvalue weighted by Gasteiger charge is 1.69. The van der Waals surface area contributed by atoms with E-state index in [2.05, 4.69) is 20.8 Å². The number of hydrogen-bond donors (Lipinski definition) is 1.